The zero-order valence-electron chi connectivity index (χ0n) is 11.7. The number of anilines is 1. The zero-order chi connectivity index (χ0) is 14.7. The van der Waals surface area contributed by atoms with Crippen LogP contribution in [0.3, 0.4) is 0 Å². The minimum atomic E-state index is -0.700. The number of ether oxygens (including phenoxy) is 1. The number of nitrogens with zero attached hydrogens (tertiary/aromatic N) is 1. The molecule has 0 fully saturated rings. The smallest absolute Gasteiger partial charge is 0.263 e. The van der Waals surface area contributed by atoms with Gasteiger partial charge in [0.05, 0.1) is 12.2 Å². The van der Waals surface area contributed by atoms with Gasteiger partial charge in [-0.2, -0.15) is 0 Å². The lowest BCUT2D eigenvalue weighted by molar-refractivity contribution is -0.128. The van der Waals surface area contributed by atoms with Crippen LogP contribution in [0, 0.1) is 6.92 Å². The van der Waals surface area contributed by atoms with Gasteiger partial charge in [0.15, 0.2) is 6.10 Å². The van der Waals surface area contributed by atoms with Gasteiger partial charge in [0.25, 0.3) is 5.91 Å². The van der Waals surface area contributed by atoms with E-state index in [1.165, 1.54) is 6.92 Å². The second-order valence-electron chi connectivity index (χ2n) is 4.74. The predicted molar refractivity (Wildman–Crippen MR) is 76.8 cm³/mol. The minimum absolute atomic E-state index is 0.110. The molecule has 1 aromatic carbocycles. The Balaban J connectivity index is 2.27. The quantitative estimate of drug-likeness (QED) is 0.848. The Morgan fingerprint density at radius 2 is 2.30 bits per heavy atom. The molecule has 1 aliphatic heterocycles. The maximum Gasteiger partial charge on any atom is 0.263 e. The summed E-state index contributed by atoms with van der Waals surface area (Å²) in [6.45, 7) is 7.57. The van der Waals surface area contributed by atoms with Crippen LogP contribution in [0.5, 0.6) is 5.75 Å². The molecule has 20 heavy (non-hydrogen) atoms. The molecular formula is C15H18N2O3. The van der Waals surface area contributed by atoms with Crippen molar-refractivity contribution in [2.24, 2.45) is 0 Å². The van der Waals surface area contributed by atoms with Gasteiger partial charge in [0, 0.05) is 13.5 Å². The van der Waals surface area contributed by atoms with Crippen molar-refractivity contribution >= 4 is 17.5 Å². The Kier molecular flexibility index (Phi) is 4.08. The van der Waals surface area contributed by atoms with Crippen molar-refractivity contribution in [1.29, 1.82) is 0 Å². The van der Waals surface area contributed by atoms with Crippen LogP contribution in [0.1, 0.15) is 12.5 Å². The lowest BCUT2D eigenvalue weighted by atomic mass is 10.1. The lowest BCUT2D eigenvalue weighted by Gasteiger charge is -2.33. The normalized spacial score (nSPS) is 16.9. The molecule has 1 N–H and O–H groups in total. The largest absolute Gasteiger partial charge is 0.477 e. The third-order valence-electron chi connectivity index (χ3n) is 3.12. The zero-order valence-corrected chi connectivity index (χ0v) is 11.7. The first-order valence-electron chi connectivity index (χ1n) is 6.47. The molecule has 1 unspecified atom stereocenters. The van der Waals surface area contributed by atoms with E-state index in [0.717, 1.165) is 5.56 Å². The van der Waals surface area contributed by atoms with Crippen LogP contribution in [-0.2, 0) is 9.59 Å². The molecule has 0 aliphatic carbocycles. The van der Waals surface area contributed by atoms with Crippen LogP contribution in [0.4, 0.5) is 5.69 Å². The summed E-state index contributed by atoms with van der Waals surface area (Å²) < 4.78 is 5.69. The summed E-state index contributed by atoms with van der Waals surface area (Å²) in [5, 5.41) is 2.68. The molecule has 2 amide bonds. The summed E-state index contributed by atoms with van der Waals surface area (Å²) in [6, 6.07) is 5.56. The maximum absolute atomic E-state index is 12.0. The van der Waals surface area contributed by atoms with E-state index in [1.807, 2.05) is 19.1 Å². The van der Waals surface area contributed by atoms with Gasteiger partial charge in [-0.1, -0.05) is 12.1 Å². The maximum atomic E-state index is 12.0. The highest BCUT2D eigenvalue weighted by Crippen LogP contribution is 2.34. The van der Waals surface area contributed by atoms with Crippen molar-refractivity contribution in [3.63, 3.8) is 0 Å². The molecule has 0 saturated heterocycles. The summed E-state index contributed by atoms with van der Waals surface area (Å²) in [4.78, 5) is 25.3. The van der Waals surface area contributed by atoms with Gasteiger partial charge in [0.1, 0.15) is 5.75 Å². The molecule has 5 nitrogen and oxygen atoms in total. The molecule has 0 bridgehead atoms. The second-order valence-corrected chi connectivity index (χ2v) is 4.74. The third-order valence-corrected chi connectivity index (χ3v) is 3.12. The monoisotopic (exact) mass is 274 g/mol. The van der Waals surface area contributed by atoms with Gasteiger partial charge in [0.2, 0.25) is 5.91 Å². The van der Waals surface area contributed by atoms with Crippen LogP contribution in [0.2, 0.25) is 0 Å². The minimum Gasteiger partial charge on any atom is -0.477 e. The molecule has 5 heteroatoms. The van der Waals surface area contributed by atoms with Crippen molar-refractivity contribution in [2.75, 3.05) is 18.0 Å². The molecule has 0 radical (unpaired) electrons. The lowest BCUT2D eigenvalue weighted by Crippen LogP contribution is -2.50. The molecule has 0 saturated carbocycles. The topological polar surface area (TPSA) is 58.6 Å². The molecule has 2 rings (SSSR count). The van der Waals surface area contributed by atoms with Gasteiger partial charge in [-0.15, -0.1) is 6.58 Å². The van der Waals surface area contributed by atoms with Crippen molar-refractivity contribution in [2.45, 2.75) is 20.0 Å². The standard InChI is InChI=1S/C15H18N2O3/c1-4-7-16-15(19)14-9-17(11(3)18)12-8-10(2)5-6-13(12)20-14/h4-6,8,14H,1,7,9H2,2-3H3,(H,16,19). The van der Waals surface area contributed by atoms with E-state index < -0.39 is 6.10 Å². The SMILES string of the molecule is C=CCNC(=O)C1CN(C(C)=O)c2cc(C)ccc2O1. The van der Waals surface area contributed by atoms with Crippen LogP contribution >= 0.6 is 0 Å². The van der Waals surface area contributed by atoms with E-state index in [2.05, 4.69) is 11.9 Å². The fourth-order valence-corrected chi connectivity index (χ4v) is 2.11. The first kappa shape index (κ1) is 14.1. The summed E-state index contributed by atoms with van der Waals surface area (Å²) in [5.74, 6) is 0.194. The van der Waals surface area contributed by atoms with Gasteiger partial charge in [-0.3, -0.25) is 9.59 Å². The molecule has 106 valence electrons. The molecule has 1 aromatic rings. The first-order valence-corrected chi connectivity index (χ1v) is 6.47. The summed E-state index contributed by atoms with van der Waals surface area (Å²) in [6.07, 6.45) is 0.898. The van der Waals surface area contributed by atoms with Crippen LogP contribution in [0.25, 0.3) is 0 Å². The first-order chi connectivity index (χ1) is 9.52. The predicted octanol–water partition coefficient (Wildman–Crippen LogP) is 1.41. The molecule has 1 heterocycles. The molecule has 1 atom stereocenters. The van der Waals surface area contributed by atoms with Crippen LogP contribution < -0.4 is 15.0 Å². The van der Waals surface area contributed by atoms with Crippen LogP contribution in [0.15, 0.2) is 30.9 Å². The number of fused-ring (bicyclic) bond motifs is 1. The van der Waals surface area contributed by atoms with E-state index in [0.29, 0.717) is 18.0 Å². The average molecular weight is 274 g/mol. The number of benzene rings is 1. The average Bonchev–Trinajstić information content (AvgIpc) is 2.43. The number of hydrogen-bond acceptors (Lipinski definition) is 3. The highest BCUT2D eigenvalue weighted by atomic mass is 16.5. The second kappa shape index (κ2) is 5.77. The molecule has 0 aromatic heterocycles. The number of carbonyl (C=O) groups excluding carboxylic acids is 2. The van der Waals surface area contributed by atoms with Crippen molar-refractivity contribution < 1.29 is 14.3 Å². The number of carbonyl (C=O) groups is 2. The fraction of sp³-hybridized carbons (Fsp3) is 0.333. The van der Waals surface area contributed by atoms with E-state index >= 15 is 0 Å². The van der Waals surface area contributed by atoms with Gasteiger partial charge < -0.3 is 15.0 Å². The van der Waals surface area contributed by atoms with Gasteiger partial charge in [-0.25, -0.2) is 0 Å². The Hall–Kier alpha value is -2.30. The fourth-order valence-electron chi connectivity index (χ4n) is 2.11. The highest BCUT2D eigenvalue weighted by molar-refractivity contribution is 5.96. The van der Waals surface area contributed by atoms with E-state index in [1.54, 1.807) is 17.0 Å². The Morgan fingerprint density at radius 1 is 1.55 bits per heavy atom. The third kappa shape index (κ3) is 2.82. The van der Waals surface area contributed by atoms with E-state index in [9.17, 15) is 9.59 Å². The van der Waals surface area contributed by atoms with E-state index in [-0.39, 0.29) is 18.4 Å². The number of hydrogen-bond donors (Lipinski definition) is 1. The van der Waals surface area contributed by atoms with Gasteiger partial charge >= 0.3 is 0 Å². The van der Waals surface area contributed by atoms with Crippen molar-refractivity contribution in [3.05, 3.63) is 36.4 Å². The highest BCUT2D eigenvalue weighted by Gasteiger charge is 2.32. The van der Waals surface area contributed by atoms with Crippen molar-refractivity contribution in [1.82, 2.24) is 5.32 Å². The van der Waals surface area contributed by atoms with Gasteiger partial charge in [-0.05, 0) is 24.6 Å². The van der Waals surface area contributed by atoms with Crippen molar-refractivity contribution in [3.8, 4) is 5.75 Å². The number of amides is 2. The Bertz CT molecular complexity index is 554. The number of nitrogens with one attached hydrogen (secondary N) is 1. The Labute approximate surface area is 118 Å². The molecular weight excluding hydrogens is 256 g/mol. The summed E-state index contributed by atoms with van der Waals surface area (Å²) >= 11 is 0. The molecule has 1 aliphatic rings. The molecule has 0 spiro atoms. The number of aryl methyl sites for hydroxylation is 1. The van der Waals surface area contributed by atoms with E-state index in [4.69, 9.17) is 4.74 Å². The Morgan fingerprint density at radius 3 is 2.95 bits per heavy atom. The van der Waals surface area contributed by atoms with Crippen LogP contribution in [-0.4, -0.2) is 31.0 Å². The number of rotatable bonds is 3. The summed E-state index contributed by atoms with van der Waals surface area (Å²) in [5.41, 5.74) is 1.75. The summed E-state index contributed by atoms with van der Waals surface area (Å²) in [7, 11) is 0.